The first-order chi connectivity index (χ1) is 6.18. The number of aromatic carboxylic acids is 1. The van der Waals surface area contributed by atoms with Gasteiger partial charge in [0, 0.05) is 11.6 Å². The van der Waals surface area contributed by atoms with Crippen LogP contribution in [-0.4, -0.2) is 21.0 Å². The van der Waals surface area contributed by atoms with Crippen molar-refractivity contribution < 1.29 is 9.90 Å². The summed E-state index contributed by atoms with van der Waals surface area (Å²) in [4.78, 5) is 17.1. The number of halogens is 1. The Morgan fingerprint density at radius 3 is 3.00 bits per heavy atom. The maximum absolute atomic E-state index is 10.6. The second-order valence-electron chi connectivity index (χ2n) is 2.55. The summed E-state index contributed by atoms with van der Waals surface area (Å²) in [5.41, 5.74) is 0.794. The summed E-state index contributed by atoms with van der Waals surface area (Å²) >= 11 is 5.75. The number of rotatable bonds is 1. The summed E-state index contributed by atoms with van der Waals surface area (Å²) in [6.07, 6.45) is 1.52. The van der Waals surface area contributed by atoms with Gasteiger partial charge in [0.05, 0.1) is 5.52 Å². The summed E-state index contributed by atoms with van der Waals surface area (Å²) < 4.78 is 0. The number of hydrogen-bond donors (Lipinski definition) is 2. The second-order valence-corrected chi connectivity index (χ2v) is 2.91. The number of carboxylic acid groups (broad SMARTS) is 1. The van der Waals surface area contributed by atoms with Crippen LogP contribution in [0.25, 0.3) is 10.9 Å². The molecule has 0 unspecified atom stereocenters. The zero-order valence-corrected chi connectivity index (χ0v) is 7.17. The van der Waals surface area contributed by atoms with E-state index in [1.807, 2.05) is 0 Å². The maximum atomic E-state index is 10.6. The number of aromatic nitrogens is 2. The SMILES string of the molecule is O=C(O)c1cc2c(Cl)nccc2[nH]1. The molecule has 0 saturated heterocycles. The number of pyridine rings is 1. The van der Waals surface area contributed by atoms with Crippen LogP contribution in [-0.2, 0) is 0 Å². The molecule has 4 nitrogen and oxygen atoms in total. The zero-order valence-electron chi connectivity index (χ0n) is 6.41. The third kappa shape index (κ3) is 1.25. The fourth-order valence-electron chi connectivity index (χ4n) is 1.13. The Morgan fingerprint density at radius 2 is 2.38 bits per heavy atom. The standard InChI is InChI=1S/C8H5ClN2O2/c9-7-4-3-6(8(12)13)11-5(4)1-2-10-7/h1-3,11H,(H,12,13). The van der Waals surface area contributed by atoms with Gasteiger partial charge in [0.25, 0.3) is 0 Å². The largest absolute Gasteiger partial charge is 0.477 e. The van der Waals surface area contributed by atoms with Gasteiger partial charge in [0.1, 0.15) is 10.8 Å². The van der Waals surface area contributed by atoms with Gasteiger partial charge in [-0.25, -0.2) is 9.78 Å². The molecule has 0 fully saturated rings. The molecule has 0 spiro atoms. The number of carbonyl (C=O) groups is 1. The van der Waals surface area contributed by atoms with Gasteiger partial charge >= 0.3 is 5.97 Å². The molecule has 0 saturated carbocycles. The van der Waals surface area contributed by atoms with E-state index in [9.17, 15) is 4.79 Å². The Balaban J connectivity index is 2.75. The van der Waals surface area contributed by atoms with Crippen molar-refractivity contribution in [2.75, 3.05) is 0 Å². The lowest BCUT2D eigenvalue weighted by molar-refractivity contribution is 0.0691. The van der Waals surface area contributed by atoms with Crippen LogP contribution in [0.4, 0.5) is 0 Å². The lowest BCUT2D eigenvalue weighted by Gasteiger charge is -1.89. The van der Waals surface area contributed by atoms with E-state index < -0.39 is 5.97 Å². The monoisotopic (exact) mass is 196 g/mol. The predicted molar refractivity (Wildman–Crippen MR) is 48.1 cm³/mol. The summed E-state index contributed by atoms with van der Waals surface area (Å²) in [5, 5.41) is 9.62. The van der Waals surface area contributed by atoms with Gasteiger partial charge in [0.2, 0.25) is 0 Å². The van der Waals surface area contributed by atoms with Crippen molar-refractivity contribution in [3.8, 4) is 0 Å². The first-order valence-electron chi connectivity index (χ1n) is 3.55. The van der Waals surface area contributed by atoms with Gasteiger partial charge in [-0.05, 0) is 12.1 Å². The van der Waals surface area contributed by atoms with Crippen molar-refractivity contribution in [3.63, 3.8) is 0 Å². The number of nitrogens with one attached hydrogen (secondary N) is 1. The third-order valence-corrected chi connectivity index (χ3v) is 2.03. The highest BCUT2D eigenvalue weighted by Gasteiger charge is 2.09. The van der Waals surface area contributed by atoms with E-state index in [1.54, 1.807) is 6.07 Å². The van der Waals surface area contributed by atoms with E-state index in [1.165, 1.54) is 12.3 Å². The first-order valence-corrected chi connectivity index (χ1v) is 3.93. The normalized spacial score (nSPS) is 10.5. The van der Waals surface area contributed by atoms with E-state index in [0.717, 1.165) is 0 Å². The Labute approximate surface area is 78.2 Å². The Kier molecular flexibility index (Phi) is 1.70. The quantitative estimate of drug-likeness (QED) is 0.685. The number of aromatic amines is 1. The van der Waals surface area contributed by atoms with Crippen molar-refractivity contribution in [3.05, 3.63) is 29.2 Å². The highest BCUT2D eigenvalue weighted by atomic mass is 35.5. The van der Waals surface area contributed by atoms with Gasteiger partial charge in [0.15, 0.2) is 0 Å². The highest BCUT2D eigenvalue weighted by molar-refractivity contribution is 6.34. The van der Waals surface area contributed by atoms with Gasteiger partial charge < -0.3 is 10.1 Å². The number of nitrogens with zero attached hydrogens (tertiary/aromatic N) is 1. The van der Waals surface area contributed by atoms with Crippen LogP contribution in [0.2, 0.25) is 5.15 Å². The molecule has 0 aliphatic heterocycles. The van der Waals surface area contributed by atoms with Crippen LogP contribution in [0.5, 0.6) is 0 Å². The molecule has 0 aliphatic carbocycles. The minimum Gasteiger partial charge on any atom is -0.477 e. The van der Waals surface area contributed by atoms with E-state index in [0.29, 0.717) is 16.1 Å². The number of fused-ring (bicyclic) bond motifs is 1. The lowest BCUT2D eigenvalue weighted by Crippen LogP contribution is -1.94. The predicted octanol–water partition coefficient (Wildman–Crippen LogP) is 1.91. The molecule has 0 radical (unpaired) electrons. The van der Waals surface area contributed by atoms with Gasteiger partial charge in [-0.15, -0.1) is 0 Å². The Hall–Kier alpha value is -1.55. The summed E-state index contributed by atoms with van der Waals surface area (Å²) in [6.45, 7) is 0. The molecular weight excluding hydrogens is 192 g/mol. The average Bonchev–Trinajstić information content (AvgIpc) is 2.49. The fourth-order valence-corrected chi connectivity index (χ4v) is 1.35. The summed E-state index contributed by atoms with van der Waals surface area (Å²) in [7, 11) is 0. The van der Waals surface area contributed by atoms with Crippen molar-refractivity contribution >= 4 is 28.5 Å². The zero-order chi connectivity index (χ0) is 9.42. The van der Waals surface area contributed by atoms with Crippen LogP contribution in [0.15, 0.2) is 18.3 Å². The molecule has 0 bridgehead atoms. The molecule has 2 heterocycles. The van der Waals surface area contributed by atoms with Gasteiger partial charge in [-0.3, -0.25) is 0 Å². The number of H-pyrrole nitrogens is 1. The molecule has 0 aromatic carbocycles. The molecule has 5 heteroatoms. The molecule has 13 heavy (non-hydrogen) atoms. The summed E-state index contributed by atoms with van der Waals surface area (Å²) in [6, 6.07) is 3.14. The smallest absolute Gasteiger partial charge is 0.352 e. The molecule has 2 rings (SSSR count). The molecule has 0 aliphatic rings. The lowest BCUT2D eigenvalue weighted by atomic mass is 10.3. The van der Waals surface area contributed by atoms with E-state index in [2.05, 4.69) is 9.97 Å². The molecule has 0 amide bonds. The van der Waals surface area contributed by atoms with E-state index in [4.69, 9.17) is 16.7 Å². The van der Waals surface area contributed by atoms with E-state index in [-0.39, 0.29) is 5.69 Å². The molecule has 2 aromatic rings. The van der Waals surface area contributed by atoms with Crippen molar-refractivity contribution in [1.82, 2.24) is 9.97 Å². The van der Waals surface area contributed by atoms with E-state index >= 15 is 0 Å². The Bertz CT molecular complexity index is 478. The average molecular weight is 197 g/mol. The fraction of sp³-hybridized carbons (Fsp3) is 0. The number of hydrogen-bond acceptors (Lipinski definition) is 2. The minimum absolute atomic E-state index is 0.116. The maximum Gasteiger partial charge on any atom is 0.352 e. The van der Waals surface area contributed by atoms with Crippen LogP contribution in [0.3, 0.4) is 0 Å². The molecule has 66 valence electrons. The topological polar surface area (TPSA) is 66.0 Å². The van der Waals surface area contributed by atoms with Crippen LogP contribution >= 0.6 is 11.6 Å². The van der Waals surface area contributed by atoms with Crippen LogP contribution in [0, 0.1) is 0 Å². The minimum atomic E-state index is -1.01. The molecule has 2 N–H and O–H groups in total. The molecule has 0 atom stereocenters. The highest BCUT2D eigenvalue weighted by Crippen LogP contribution is 2.21. The molecule has 2 aromatic heterocycles. The van der Waals surface area contributed by atoms with Crippen LogP contribution < -0.4 is 0 Å². The van der Waals surface area contributed by atoms with Crippen LogP contribution in [0.1, 0.15) is 10.5 Å². The van der Waals surface area contributed by atoms with Crippen molar-refractivity contribution in [1.29, 1.82) is 0 Å². The van der Waals surface area contributed by atoms with Gasteiger partial charge in [-0.1, -0.05) is 11.6 Å². The van der Waals surface area contributed by atoms with Gasteiger partial charge in [-0.2, -0.15) is 0 Å². The third-order valence-electron chi connectivity index (χ3n) is 1.73. The second kappa shape index (κ2) is 2.74. The number of carboxylic acids is 1. The Morgan fingerprint density at radius 1 is 1.62 bits per heavy atom. The molecular formula is C8H5ClN2O2. The summed E-state index contributed by atoms with van der Waals surface area (Å²) in [5.74, 6) is -1.01. The first kappa shape index (κ1) is 8.07. The van der Waals surface area contributed by atoms with Crippen molar-refractivity contribution in [2.24, 2.45) is 0 Å². The van der Waals surface area contributed by atoms with Crippen molar-refractivity contribution in [2.45, 2.75) is 0 Å².